The first kappa shape index (κ1) is 13.6. The molecule has 1 aromatic carbocycles. The molecular formula is C15H20FN3. The van der Waals surface area contributed by atoms with Crippen molar-refractivity contribution in [1.29, 1.82) is 0 Å². The molecule has 19 heavy (non-hydrogen) atoms. The maximum atomic E-state index is 12.9. The Morgan fingerprint density at radius 2 is 1.89 bits per heavy atom. The molecule has 0 bridgehead atoms. The fourth-order valence-electron chi connectivity index (χ4n) is 1.91. The Hall–Kier alpha value is -1.84. The third-order valence-corrected chi connectivity index (χ3v) is 3.23. The quantitative estimate of drug-likeness (QED) is 0.905. The lowest BCUT2D eigenvalue weighted by Crippen LogP contribution is -2.33. The van der Waals surface area contributed by atoms with Gasteiger partial charge in [-0.2, -0.15) is 0 Å². The molecule has 0 aliphatic carbocycles. The number of halogens is 1. The van der Waals surface area contributed by atoms with E-state index >= 15 is 0 Å². The van der Waals surface area contributed by atoms with Gasteiger partial charge in [-0.1, -0.05) is 12.1 Å². The highest BCUT2D eigenvalue weighted by Crippen LogP contribution is 2.13. The molecule has 4 heteroatoms. The summed E-state index contributed by atoms with van der Waals surface area (Å²) in [5, 5.41) is 3.33. The molecule has 0 spiro atoms. The molecule has 1 heterocycles. The van der Waals surface area contributed by atoms with E-state index < -0.39 is 0 Å². The summed E-state index contributed by atoms with van der Waals surface area (Å²) in [6.45, 7) is 6.99. The van der Waals surface area contributed by atoms with Crippen molar-refractivity contribution in [1.82, 2.24) is 10.2 Å². The Morgan fingerprint density at radius 1 is 1.21 bits per heavy atom. The molecule has 0 unspecified atom stereocenters. The highest BCUT2D eigenvalue weighted by Gasteiger charge is 2.11. The number of rotatable bonds is 3. The zero-order valence-corrected chi connectivity index (χ0v) is 11.6. The van der Waals surface area contributed by atoms with E-state index in [2.05, 4.69) is 35.3 Å². The summed E-state index contributed by atoms with van der Waals surface area (Å²) in [5.41, 5.74) is 1.05. The minimum absolute atomic E-state index is 0.106. The number of hydrogen-bond acceptors (Lipinski definition) is 3. The standard InChI is InChI=1S/C15H20FN3/c1-11(2)19-9-8-15(17-10-19)18-12(3)13-4-6-14(16)7-5-13/h4-9,11-12H,10H2,1-3H3,(H,17,18)/t12-/m0/s1. The van der Waals surface area contributed by atoms with Crippen LogP contribution in [0.2, 0.25) is 0 Å². The van der Waals surface area contributed by atoms with E-state index in [1.807, 2.05) is 13.0 Å². The van der Waals surface area contributed by atoms with Crippen LogP contribution < -0.4 is 5.32 Å². The maximum Gasteiger partial charge on any atom is 0.124 e. The van der Waals surface area contributed by atoms with Gasteiger partial charge >= 0.3 is 0 Å². The first-order valence-electron chi connectivity index (χ1n) is 6.56. The Morgan fingerprint density at radius 3 is 2.42 bits per heavy atom. The van der Waals surface area contributed by atoms with Crippen LogP contribution in [0, 0.1) is 5.82 Å². The fourth-order valence-corrected chi connectivity index (χ4v) is 1.91. The van der Waals surface area contributed by atoms with Crippen molar-refractivity contribution in [3.63, 3.8) is 0 Å². The number of aliphatic imine (C=N–C) groups is 1. The number of nitrogens with one attached hydrogen (secondary N) is 1. The lowest BCUT2D eigenvalue weighted by molar-refractivity contribution is 0.317. The van der Waals surface area contributed by atoms with E-state index in [4.69, 9.17) is 0 Å². The summed E-state index contributed by atoms with van der Waals surface area (Å²) in [7, 11) is 0. The van der Waals surface area contributed by atoms with Gasteiger partial charge in [0.25, 0.3) is 0 Å². The van der Waals surface area contributed by atoms with Crippen LogP contribution in [0.25, 0.3) is 0 Å². The van der Waals surface area contributed by atoms with Crippen LogP contribution in [0.3, 0.4) is 0 Å². The van der Waals surface area contributed by atoms with Crippen molar-refractivity contribution in [3.05, 3.63) is 47.9 Å². The summed E-state index contributed by atoms with van der Waals surface area (Å²) < 4.78 is 12.9. The average Bonchev–Trinajstić information content (AvgIpc) is 2.40. The van der Waals surface area contributed by atoms with Crippen molar-refractivity contribution in [2.24, 2.45) is 4.99 Å². The van der Waals surface area contributed by atoms with E-state index in [0.717, 1.165) is 11.4 Å². The van der Waals surface area contributed by atoms with Crippen LogP contribution in [-0.4, -0.2) is 23.4 Å². The van der Waals surface area contributed by atoms with Gasteiger partial charge in [0.2, 0.25) is 0 Å². The van der Waals surface area contributed by atoms with Crippen LogP contribution in [-0.2, 0) is 0 Å². The molecule has 0 radical (unpaired) electrons. The topological polar surface area (TPSA) is 27.6 Å². The molecule has 1 N–H and O–H groups in total. The Bertz CT molecular complexity index is 477. The van der Waals surface area contributed by atoms with Gasteiger partial charge in [0.15, 0.2) is 0 Å². The molecule has 0 fully saturated rings. The summed E-state index contributed by atoms with van der Waals surface area (Å²) in [5.74, 6) is 0.659. The second-order valence-electron chi connectivity index (χ2n) is 5.03. The molecule has 0 aromatic heterocycles. The third kappa shape index (κ3) is 3.56. The van der Waals surface area contributed by atoms with Crippen molar-refractivity contribution in [3.8, 4) is 0 Å². The lowest BCUT2D eigenvalue weighted by Gasteiger charge is -2.27. The molecule has 3 nitrogen and oxygen atoms in total. The largest absolute Gasteiger partial charge is 0.364 e. The molecule has 1 aliphatic rings. The second kappa shape index (κ2) is 5.87. The molecule has 1 aromatic rings. The van der Waals surface area contributed by atoms with Gasteiger partial charge in [0.1, 0.15) is 18.3 Å². The van der Waals surface area contributed by atoms with Crippen molar-refractivity contribution in [2.45, 2.75) is 32.9 Å². The molecule has 0 saturated heterocycles. The summed E-state index contributed by atoms with van der Waals surface area (Å²) in [6.07, 6.45) is 4.03. The summed E-state index contributed by atoms with van der Waals surface area (Å²) >= 11 is 0. The van der Waals surface area contributed by atoms with Gasteiger partial charge in [-0.15, -0.1) is 0 Å². The van der Waals surface area contributed by atoms with E-state index in [-0.39, 0.29) is 11.9 Å². The van der Waals surface area contributed by atoms with Crippen molar-refractivity contribution < 1.29 is 4.39 Å². The van der Waals surface area contributed by atoms with Crippen molar-refractivity contribution in [2.75, 3.05) is 6.67 Å². The van der Waals surface area contributed by atoms with Crippen LogP contribution in [0.5, 0.6) is 0 Å². The molecule has 0 amide bonds. The smallest absolute Gasteiger partial charge is 0.124 e. The fraction of sp³-hybridized carbons (Fsp3) is 0.400. The normalized spacial score (nSPS) is 16.5. The van der Waals surface area contributed by atoms with E-state index in [9.17, 15) is 4.39 Å². The predicted octanol–water partition coefficient (Wildman–Crippen LogP) is 3.07. The molecule has 2 rings (SSSR count). The van der Waals surface area contributed by atoms with Gasteiger partial charge in [0.05, 0.1) is 0 Å². The molecule has 1 aliphatic heterocycles. The van der Waals surface area contributed by atoms with Gasteiger partial charge < -0.3 is 10.2 Å². The highest BCUT2D eigenvalue weighted by molar-refractivity contribution is 5.93. The molecule has 0 saturated carbocycles. The SMILES string of the molecule is CC(C)N1C=CC(N[C@@H](C)c2ccc(F)cc2)=NC1. The zero-order chi connectivity index (χ0) is 13.8. The Balaban J connectivity index is 1.95. The van der Waals surface area contributed by atoms with E-state index in [1.165, 1.54) is 12.1 Å². The van der Waals surface area contributed by atoms with Crippen LogP contribution >= 0.6 is 0 Å². The van der Waals surface area contributed by atoms with Crippen molar-refractivity contribution >= 4 is 5.84 Å². The highest BCUT2D eigenvalue weighted by atomic mass is 19.1. The maximum absolute atomic E-state index is 12.9. The zero-order valence-electron chi connectivity index (χ0n) is 11.6. The minimum atomic E-state index is -0.210. The minimum Gasteiger partial charge on any atom is -0.364 e. The first-order chi connectivity index (χ1) is 9.06. The van der Waals surface area contributed by atoms with E-state index in [0.29, 0.717) is 12.7 Å². The number of nitrogens with zero attached hydrogens (tertiary/aromatic N) is 2. The average molecular weight is 261 g/mol. The van der Waals surface area contributed by atoms with E-state index in [1.54, 1.807) is 12.1 Å². The predicted molar refractivity (Wildman–Crippen MR) is 76.4 cm³/mol. The first-order valence-corrected chi connectivity index (χ1v) is 6.56. The van der Waals surface area contributed by atoms with Gasteiger partial charge in [-0.25, -0.2) is 9.38 Å². The third-order valence-electron chi connectivity index (χ3n) is 3.23. The molecule has 102 valence electrons. The second-order valence-corrected chi connectivity index (χ2v) is 5.03. The number of amidine groups is 1. The summed E-state index contributed by atoms with van der Waals surface area (Å²) in [4.78, 5) is 6.65. The van der Waals surface area contributed by atoms with Gasteiger partial charge in [-0.05, 0) is 44.5 Å². The molecule has 1 atom stereocenters. The Labute approximate surface area is 113 Å². The lowest BCUT2D eigenvalue weighted by atomic mass is 10.1. The Kier molecular flexibility index (Phi) is 4.20. The van der Waals surface area contributed by atoms with Crippen LogP contribution in [0.4, 0.5) is 4.39 Å². The molecular weight excluding hydrogens is 241 g/mol. The number of hydrogen-bond donors (Lipinski definition) is 1. The number of benzene rings is 1. The van der Waals surface area contributed by atoms with Gasteiger partial charge in [0, 0.05) is 18.3 Å². The summed E-state index contributed by atoms with van der Waals surface area (Å²) in [6, 6.07) is 7.10. The van der Waals surface area contributed by atoms with Gasteiger partial charge in [-0.3, -0.25) is 0 Å². The van der Waals surface area contributed by atoms with Crippen LogP contribution in [0.15, 0.2) is 41.5 Å². The van der Waals surface area contributed by atoms with Crippen LogP contribution in [0.1, 0.15) is 32.4 Å². The monoisotopic (exact) mass is 261 g/mol.